The van der Waals surface area contributed by atoms with E-state index in [1.165, 1.54) is 5.56 Å². The van der Waals surface area contributed by atoms with E-state index in [2.05, 4.69) is 11.1 Å². The Labute approximate surface area is 144 Å². The number of nitrogens with one attached hydrogen (secondary N) is 1. The van der Waals surface area contributed by atoms with Gasteiger partial charge in [-0.15, -0.1) is 0 Å². The molecule has 0 spiro atoms. The number of fused-ring (bicyclic) bond motifs is 2. The third-order valence-electron chi connectivity index (χ3n) is 4.57. The Morgan fingerprint density at radius 2 is 1.92 bits per heavy atom. The Morgan fingerprint density at radius 3 is 2.72 bits per heavy atom. The molecule has 1 aliphatic rings. The molecular weight excluding hydrogens is 316 g/mol. The van der Waals surface area contributed by atoms with Gasteiger partial charge < -0.3 is 14.6 Å². The van der Waals surface area contributed by atoms with E-state index >= 15 is 0 Å². The predicted octanol–water partition coefficient (Wildman–Crippen LogP) is 3.39. The number of pyridine rings is 1. The molecule has 1 aliphatic heterocycles. The summed E-state index contributed by atoms with van der Waals surface area (Å²) >= 11 is 0. The highest BCUT2D eigenvalue weighted by Crippen LogP contribution is 2.25. The topological polar surface area (TPSA) is 62.4 Å². The van der Waals surface area contributed by atoms with E-state index in [1.807, 2.05) is 30.3 Å². The number of amides is 1. The number of carbonyl (C=O) groups is 1. The van der Waals surface area contributed by atoms with Crippen LogP contribution in [0.15, 0.2) is 53.3 Å². The lowest BCUT2D eigenvalue weighted by Crippen LogP contribution is -2.37. The first-order valence-corrected chi connectivity index (χ1v) is 8.27. The Balaban J connectivity index is 1.60. The Kier molecular flexibility index (Phi) is 3.76. The third kappa shape index (κ3) is 3.01. The lowest BCUT2D eigenvalue weighted by molar-refractivity contribution is 0.147. The van der Waals surface area contributed by atoms with Crippen molar-refractivity contribution < 1.29 is 9.53 Å². The maximum absolute atomic E-state index is 12.4. The minimum atomic E-state index is -0.352. The highest BCUT2D eigenvalue weighted by atomic mass is 16.6. The van der Waals surface area contributed by atoms with Crippen LogP contribution >= 0.6 is 0 Å². The summed E-state index contributed by atoms with van der Waals surface area (Å²) in [5, 5.41) is 1.02. The molecule has 1 aromatic heterocycles. The van der Waals surface area contributed by atoms with Crippen LogP contribution in [-0.2, 0) is 13.0 Å². The van der Waals surface area contributed by atoms with E-state index in [0.29, 0.717) is 24.4 Å². The number of hydrogen-bond acceptors (Lipinski definition) is 3. The maximum Gasteiger partial charge on any atom is 0.415 e. The Morgan fingerprint density at radius 1 is 1.12 bits per heavy atom. The summed E-state index contributed by atoms with van der Waals surface area (Å²) in [5.41, 5.74) is 3.68. The third-order valence-corrected chi connectivity index (χ3v) is 4.57. The molecule has 0 bridgehead atoms. The second-order valence-electron chi connectivity index (χ2n) is 6.34. The molecule has 3 aromatic rings. The van der Waals surface area contributed by atoms with Gasteiger partial charge in [-0.05, 0) is 60.2 Å². The van der Waals surface area contributed by atoms with Crippen molar-refractivity contribution in [2.75, 3.05) is 6.54 Å². The number of aromatic amines is 1. The van der Waals surface area contributed by atoms with Crippen molar-refractivity contribution in [3.05, 3.63) is 75.6 Å². The summed E-state index contributed by atoms with van der Waals surface area (Å²) in [6.07, 6.45) is 0.419. The van der Waals surface area contributed by atoms with Gasteiger partial charge in [0.2, 0.25) is 0 Å². The van der Waals surface area contributed by atoms with Crippen molar-refractivity contribution in [2.45, 2.75) is 19.9 Å². The molecule has 2 heterocycles. The number of benzene rings is 2. The number of H-pyrrole nitrogens is 1. The second-order valence-corrected chi connectivity index (χ2v) is 6.34. The zero-order valence-corrected chi connectivity index (χ0v) is 13.9. The van der Waals surface area contributed by atoms with Crippen molar-refractivity contribution in [1.29, 1.82) is 0 Å². The average Bonchev–Trinajstić information content (AvgIpc) is 2.61. The quantitative estimate of drug-likeness (QED) is 0.742. The van der Waals surface area contributed by atoms with Crippen LogP contribution in [0.2, 0.25) is 0 Å². The number of ether oxygens (including phenoxy) is 1. The molecule has 0 aliphatic carbocycles. The van der Waals surface area contributed by atoms with E-state index in [9.17, 15) is 9.59 Å². The highest BCUT2D eigenvalue weighted by molar-refractivity contribution is 5.81. The molecule has 5 nitrogen and oxygen atoms in total. The Hall–Kier alpha value is -3.08. The van der Waals surface area contributed by atoms with E-state index in [-0.39, 0.29) is 11.7 Å². The molecule has 1 N–H and O–H groups in total. The molecule has 2 aromatic carbocycles. The van der Waals surface area contributed by atoms with Crippen molar-refractivity contribution in [3.8, 4) is 5.75 Å². The van der Waals surface area contributed by atoms with Gasteiger partial charge in [0, 0.05) is 24.2 Å². The van der Waals surface area contributed by atoms with Gasteiger partial charge in [-0.25, -0.2) is 4.79 Å². The summed E-state index contributed by atoms with van der Waals surface area (Å²) in [4.78, 5) is 28.8. The fraction of sp³-hybridized carbons (Fsp3) is 0.200. The molecule has 0 saturated heterocycles. The standard InChI is InChI=1S/C20H18N2O3/c1-13-9-15-10-14-7-8-22(12-16(14)11-18(15)21-19(13)23)20(24)25-17-5-3-2-4-6-17/h2-6,9-11H,7-8,12H2,1H3,(H,21,23). The van der Waals surface area contributed by atoms with Gasteiger partial charge in [0.15, 0.2) is 0 Å². The van der Waals surface area contributed by atoms with Gasteiger partial charge in [0.25, 0.3) is 5.56 Å². The molecular formula is C20H18N2O3. The number of aromatic nitrogens is 1. The fourth-order valence-electron chi connectivity index (χ4n) is 3.19. The van der Waals surface area contributed by atoms with E-state index < -0.39 is 0 Å². The molecule has 4 rings (SSSR count). The summed E-state index contributed by atoms with van der Waals surface area (Å²) in [5.74, 6) is 0.539. The van der Waals surface area contributed by atoms with Gasteiger partial charge in [-0.1, -0.05) is 18.2 Å². The molecule has 0 fully saturated rings. The molecule has 0 radical (unpaired) electrons. The minimum Gasteiger partial charge on any atom is -0.410 e. The average molecular weight is 334 g/mol. The van der Waals surface area contributed by atoms with Crippen LogP contribution < -0.4 is 10.3 Å². The predicted molar refractivity (Wildman–Crippen MR) is 95.9 cm³/mol. The monoisotopic (exact) mass is 334 g/mol. The molecule has 1 amide bonds. The van der Waals surface area contributed by atoms with Gasteiger partial charge in [-0.3, -0.25) is 4.79 Å². The number of para-hydroxylation sites is 1. The normalized spacial score (nSPS) is 13.6. The summed E-state index contributed by atoms with van der Waals surface area (Å²) < 4.78 is 5.42. The SMILES string of the molecule is Cc1cc2cc3c(cc2[nH]c1=O)CN(C(=O)Oc1ccccc1)CC3. The number of nitrogens with zero attached hydrogens (tertiary/aromatic N) is 1. The number of aryl methyl sites for hydroxylation is 1. The van der Waals surface area contributed by atoms with Crippen LogP contribution in [0.25, 0.3) is 10.9 Å². The molecule has 0 atom stereocenters. The summed E-state index contributed by atoms with van der Waals surface area (Å²) in [6, 6.07) is 15.0. The first kappa shape index (κ1) is 15.4. The van der Waals surface area contributed by atoms with E-state index in [0.717, 1.165) is 22.9 Å². The number of rotatable bonds is 1. The van der Waals surface area contributed by atoms with E-state index in [4.69, 9.17) is 4.74 Å². The van der Waals surface area contributed by atoms with Crippen LogP contribution in [0, 0.1) is 6.92 Å². The molecule has 5 heteroatoms. The molecule has 0 saturated carbocycles. The largest absolute Gasteiger partial charge is 0.415 e. The lowest BCUT2D eigenvalue weighted by Gasteiger charge is -2.28. The minimum absolute atomic E-state index is 0.0800. The number of carbonyl (C=O) groups excluding carboxylic acids is 1. The summed E-state index contributed by atoms with van der Waals surface area (Å²) in [7, 11) is 0. The Bertz CT molecular complexity index is 1010. The second kappa shape index (κ2) is 6.09. The zero-order chi connectivity index (χ0) is 17.4. The fourth-order valence-corrected chi connectivity index (χ4v) is 3.19. The van der Waals surface area contributed by atoms with Crippen LogP contribution in [-0.4, -0.2) is 22.5 Å². The molecule has 0 unspecified atom stereocenters. The van der Waals surface area contributed by atoms with E-state index in [1.54, 1.807) is 24.0 Å². The first-order chi connectivity index (χ1) is 12.1. The lowest BCUT2D eigenvalue weighted by atomic mass is 9.97. The van der Waals surface area contributed by atoms with Crippen molar-refractivity contribution in [1.82, 2.24) is 9.88 Å². The molecule has 25 heavy (non-hydrogen) atoms. The van der Waals surface area contributed by atoms with Crippen LogP contribution in [0.5, 0.6) is 5.75 Å². The van der Waals surface area contributed by atoms with Crippen LogP contribution in [0.1, 0.15) is 16.7 Å². The molecule has 126 valence electrons. The maximum atomic E-state index is 12.4. The van der Waals surface area contributed by atoms with Gasteiger partial charge in [0.1, 0.15) is 5.75 Å². The van der Waals surface area contributed by atoms with Crippen molar-refractivity contribution in [2.24, 2.45) is 0 Å². The van der Waals surface area contributed by atoms with Crippen molar-refractivity contribution in [3.63, 3.8) is 0 Å². The van der Waals surface area contributed by atoms with Gasteiger partial charge >= 0.3 is 6.09 Å². The zero-order valence-electron chi connectivity index (χ0n) is 13.9. The highest BCUT2D eigenvalue weighted by Gasteiger charge is 2.23. The summed E-state index contributed by atoms with van der Waals surface area (Å²) in [6.45, 7) is 2.90. The number of hydrogen-bond donors (Lipinski definition) is 1. The van der Waals surface area contributed by atoms with Gasteiger partial charge in [-0.2, -0.15) is 0 Å². The van der Waals surface area contributed by atoms with Crippen molar-refractivity contribution >= 4 is 17.0 Å². The van der Waals surface area contributed by atoms with Crippen LogP contribution in [0.4, 0.5) is 4.79 Å². The smallest absolute Gasteiger partial charge is 0.410 e. The van der Waals surface area contributed by atoms with Gasteiger partial charge in [0.05, 0.1) is 0 Å². The van der Waals surface area contributed by atoms with Crippen LogP contribution in [0.3, 0.4) is 0 Å². The first-order valence-electron chi connectivity index (χ1n) is 8.27.